The number of nitrogens with one attached hydrogen (secondary N) is 1. The Morgan fingerprint density at radius 2 is 2.17 bits per heavy atom. The molecule has 0 aromatic carbocycles. The van der Waals surface area contributed by atoms with Gasteiger partial charge in [0.2, 0.25) is 11.8 Å². The van der Waals surface area contributed by atoms with E-state index in [2.05, 4.69) is 15.3 Å². The van der Waals surface area contributed by atoms with Crippen molar-refractivity contribution in [3.63, 3.8) is 0 Å². The Hall–Kier alpha value is -2.05. The molecule has 0 aliphatic carbocycles. The fourth-order valence-corrected chi connectivity index (χ4v) is 1.46. The van der Waals surface area contributed by atoms with Crippen molar-refractivity contribution in [1.82, 2.24) is 9.97 Å². The number of nitrogens with zero attached hydrogens (tertiary/aromatic N) is 2. The Balaban J connectivity index is 2.96. The molecule has 0 aliphatic heterocycles. The Morgan fingerprint density at radius 3 is 2.67 bits per heavy atom. The summed E-state index contributed by atoms with van der Waals surface area (Å²) in [7, 11) is 0. The minimum absolute atomic E-state index is 0.0207. The Morgan fingerprint density at radius 1 is 1.50 bits per heavy atom. The van der Waals surface area contributed by atoms with E-state index in [9.17, 15) is 4.79 Å². The molecule has 1 heterocycles. The van der Waals surface area contributed by atoms with Gasteiger partial charge < -0.3 is 21.5 Å². The van der Waals surface area contributed by atoms with Gasteiger partial charge in [0.05, 0.1) is 6.61 Å². The van der Waals surface area contributed by atoms with Crippen molar-refractivity contribution in [3.05, 3.63) is 6.33 Å². The SMILES string of the molecule is CCOc1ncnc(NC(C(N)=O)C(C)C)c1N. The highest BCUT2D eigenvalue weighted by atomic mass is 16.5. The van der Waals surface area contributed by atoms with Crippen molar-refractivity contribution in [2.45, 2.75) is 26.8 Å². The number of nitrogens with two attached hydrogens (primary N) is 2. The minimum atomic E-state index is -0.545. The standard InChI is InChI=1S/C11H19N5O2/c1-4-18-11-7(12)10(14-5-15-11)16-8(6(2)3)9(13)17/h5-6,8H,4,12H2,1-3H3,(H2,13,17)(H,14,15,16). The van der Waals surface area contributed by atoms with Crippen LogP contribution in [0.15, 0.2) is 6.33 Å². The zero-order valence-electron chi connectivity index (χ0n) is 10.8. The molecular weight excluding hydrogens is 234 g/mol. The highest BCUT2D eigenvalue weighted by Gasteiger charge is 2.21. The first kappa shape index (κ1) is 14.0. The van der Waals surface area contributed by atoms with Crippen LogP contribution in [0.1, 0.15) is 20.8 Å². The van der Waals surface area contributed by atoms with Crippen molar-refractivity contribution in [2.75, 3.05) is 17.7 Å². The molecule has 0 saturated carbocycles. The fourth-order valence-electron chi connectivity index (χ4n) is 1.46. The highest BCUT2D eigenvalue weighted by Crippen LogP contribution is 2.25. The Labute approximate surface area is 106 Å². The number of amides is 1. The van der Waals surface area contributed by atoms with Crippen LogP contribution in [-0.2, 0) is 4.79 Å². The van der Waals surface area contributed by atoms with Crippen LogP contribution in [0.3, 0.4) is 0 Å². The summed E-state index contributed by atoms with van der Waals surface area (Å²) in [6, 6.07) is -0.545. The second-order valence-corrected chi connectivity index (χ2v) is 4.14. The summed E-state index contributed by atoms with van der Waals surface area (Å²) in [6.07, 6.45) is 1.32. The van der Waals surface area contributed by atoms with Gasteiger partial charge in [-0.15, -0.1) is 0 Å². The van der Waals surface area contributed by atoms with E-state index in [0.717, 1.165) is 0 Å². The first-order valence-corrected chi connectivity index (χ1v) is 5.76. The van der Waals surface area contributed by atoms with Crippen LogP contribution in [0, 0.1) is 5.92 Å². The molecule has 7 heteroatoms. The molecular formula is C11H19N5O2. The largest absolute Gasteiger partial charge is 0.476 e. The number of aromatic nitrogens is 2. The van der Waals surface area contributed by atoms with Gasteiger partial charge in [0, 0.05) is 0 Å². The van der Waals surface area contributed by atoms with Gasteiger partial charge in [0.15, 0.2) is 5.82 Å². The smallest absolute Gasteiger partial charge is 0.242 e. The average molecular weight is 253 g/mol. The van der Waals surface area contributed by atoms with Crippen LogP contribution in [0.25, 0.3) is 0 Å². The third-order valence-corrected chi connectivity index (χ3v) is 2.39. The normalized spacial score (nSPS) is 12.2. The van der Waals surface area contributed by atoms with E-state index in [4.69, 9.17) is 16.2 Å². The van der Waals surface area contributed by atoms with E-state index in [1.807, 2.05) is 20.8 Å². The lowest BCUT2D eigenvalue weighted by atomic mass is 10.0. The van der Waals surface area contributed by atoms with E-state index in [-0.39, 0.29) is 11.6 Å². The molecule has 5 N–H and O–H groups in total. The molecule has 0 spiro atoms. The summed E-state index contributed by atoms with van der Waals surface area (Å²) < 4.78 is 5.25. The lowest BCUT2D eigenvalue weighted by Crippen LogP contribution is -2.40. The average Bonchev–Trinajstić information content (AvgIpc) is 2.29. The molecule has 0 saturated heterocycles. The number of rotatable bonds is 6. The van der Waals surface area contributed by atoms with Crippen molar-refractivity contribution < 1.29 is 9.53 Å². The van der Waals surface area contributed by atoms with Crippen molar-refractivity contribution in [1.29, 1.82) is 0 Å². The first-order valence-electron chi connectivity index (χ1n) is 5.76. The zero-order chi connectivity index (χ0) is 13.7. The van der Waals surface area contributed by atoms with Crippen LogP contribution >= 0.6 is 0 Å². The van der Waals surface area contributed by atoms with Crippen molar-refractivity contribution in [3.8, 4) is 5.88 Å². The number of hydrogen-bond acceptors (Lipinski definition) is 6. The molecule has 1 aromatic heterocycles. The molecule has 0 aliphatic rings. The maximum Gasteiger partial charge on any atom is 0.242 e. The van der Waals surface area contributed by atoms with E-state index in [1.165, 1.54) is 6.33 Å². The van der Waals surface area contributed by atoms with Crippen molar-refractivity contribution >= 4 is 17.4 Å². The molecule has 0 bridgehead atoms. The summed E-state index contributed by atoms with van der Waals surface area (Å²) in [6.45, 7) is 6.03. The summed E-state index contributed by atoms with van der Waals surface area (Å²) in [4.78, 5) is 19.2. The molecule has 7 nitrogen and oxygen atoms in total. The van der Waals surface area contributed by atoms with Gasteiger partial charge >= 0.3 is 0 Å². The monoisotopic (exact) mass is 253 g/mol. The Kier molecular flexibility index (Phi) is 4.70. The van der Waals surface area contributed by atoms with E-state index in [1.54, 1.807) is 0 Å². The number of carbonyl (C=O) groups excluding carboxylic acids is 1. The molecule has 1 aromatic rings. The summed E-state index contributed by atoms with van der Waals surface area (Å²) >= 11 is 0. The lowest BCUT2D eigenvalue weighted by molar-refractivity contribution is -0.119. The zero-order valence-corrected chi connectivity index (χ0v) is 10.8. The molecule has 1 atom stereocenters. The van der Waals surface area contributed by atoms with Gasteiger partial charge in [-0.2, -0.15) is 4.98 Å². The quantitative estimate of drug-likeness (QED) is 0.674. The van der Waals surface area contributed by atoms with Crippen molar-refractivity contribution in [2.24, 2.45) is 11.7 Å². The highest BCUT2D eigenvalue weighted by molar-refractivity contribution is 5.84. The number of primary amides is 1. The summed E-state index contributed by atoms with van der Waals surface area (Å²) in [5.41, 5.74) is 11.4. The molecule has 1 unspecified atom stereocenters. The van der Waals surface area contributed by atoms with Crippen LogP contribution in [0.4, 0.5) is 11.5 Å². The van der Waals surface area contributed by atoms with E-state index in [0.29, 0.717) is 18.3 Å². The number of hydrogen-bond donors (Lipinski definition) is 3. The summed E-state index contributed by atoms with van der Waals surface area (Å²) in [5, 5.41) is 2.91. The maximum absolute atomic E-state index is 11.3. The number of ether oxygens (including phenoxy) is 1. The maximum atomic E-state index is 11.3. The molecule has 1 rings (SSSR count). The van der Waals surface area contributed by atoms with Crippen LogP contribution in [-0.4, -0.2) is 28.5 Å². The number of carbonyl (C=O) groups is 1. The third-order valence-electron chi connectivity index (χ3n) is 2.39. The lowest BCUT2D eigenvalue weighted by Gasteiger charge is -2.20. The van der Waals surface area contributed by atoms with Gasteiger partial charge in [0.1, 0.15) is 18.1 Å². The van der Waals surface area contributed by atoms with Gasteiger partial charge in [-0.3, -0.25) is 4.79 Å². The molecule has 1 amide bonds. The van der Waals surface area contributed by atoms with Crippen LogP contribution in [0.2, 0.25) is 0 Å². The minimum Gasteiger partial charge on any atom is -0.476 e. The van der Waals surface area contributed by atoms with E-state index >= 15 is 0 Å². The van der Waals surface area contributed by atoms with Crippen LogP contribution in [0.5, 0.6) is 5.88 Å². The molecule has 0 radical (unpaired) electrons. The molecule has 100 valence electrons. The Bertz CT molecular complexity index is 422. The third kappa shape index (κ3) is 3.22. The second kappa shape index (κ2) is 6.04. The predicted octanol–water partition coefficient (Wildman–Crippen LogP) is 0.379. The van der Waals surface area contributed by atoms with E-state index < -0.39 is 11.9 Å². The fraction of sp³-hybridized carbons (Fsp3) is 0.545. The van der Waals surface area contributed by atoms with Crippen LogP contribution < -0.4 is 21.5 Å². The molecule has 0 fully saturated rings. The van der Waals surface area contributed by atoms with Gasteiger partial charge in [-0.25, -0.2) is 4.98 Å². The molecule has 18 heavy (non-hydrogen) atoms. The van der Waals surface area contributed by atoms with Gasteiger partial charge in [-0.05, 0) is 12.8 Å². The number of nitrogen functional groups attached to an aromatic ring is 1. The topological polar surface area (TPSA) is 116 Å². The van der Waals surface area contributed by atoms with Gasteiger partial charge in [0.25, 0.3) is 0 Å². The number of anilines is 2. The second-order valence-electron chi connectivity index (χ2n) is 4.14. The first-order chi connectivity index (χ1) is 8.47. The predicted molar refractivity (Wildman–Crippen MR) is 69.1 cm³/mol. The van der Waals surface area contributed by atoms with Gasteiger partial charge in [-0.1, -0.05) is 13.8 Å². The summed E-state index contributed by atoms with van der Waals surface area (Å²) in [5.74, 6) is 0.210.